The van der Waals surface area contributed by atoms with Crippen molar-refractivity contribution in [2.75, 3.05) is 12.4 Å². The van der Waals surface area contributed by atoms with Gasteiger partial charge in [-0.15, -0.1) is 11.8 Å². The van der Waals surface area contributed by atoms with Gasteiger partial charge in [0.25, 0.3) is 0 Å². The first-order valence-corrected chi connectivity index (χ1v) is 5.66. The van der Waals surface area contributed by atoms with E-state index in [9.17, 15) is 0 Å². The average molecular weight is 194 g/mol. The maximum absolute atomic E-state index is 8.83. The van der Waals surface area contributed by atoms with Crippen LogP contribution in [0.3, 0.4) is 0 Å². The fourth-order valence-corrected chi connectivity index (χ4v) is 2.90. The lowest BCUT2D eigenvalue weighted by Gasteiger charge is -2.05. The third-order valence-corrected chi connectivity index (χ3v) is 3.84. The summed E-state index contributed by atoms with van der Waals surface area (Å²) in [6.07, 6.45) is 0.782. The molecule has 0 bridgehead atoms. The van der Waals surface area contributed by atoms with Gasteiger partial charge in [0, 0.05) is 17.3 Å². The molecule has 0 aliphatic carbocycles. The zero-order chi connectivity index (χ0) is 9.26. The highest BCUT2D eigenvalue weighted by Gasteiger charge is 2.18. The molecule has 1 aromatic carbocycles. The van der Waals surface area contributed by atoms with Crippen molar-refractivity contribution in [1.82, 2.24) is 0 Å². The monoisotopic (exact) mass is 194 g/mol. The lowest BCUT2D eigenvalue weighted by molar-refractivity contribution is 0.299. The standard InChI is InChI=1S/C11H14OS/c1-8-7-13-11-3-2-9(4-5-12)6-10(8)11/h2-3,6,8,12H,4-5,7H2,1H3. The van der Waals surface area contributed by atoms with Gasteiger partial charge in [-0.3, -0.25) is 0 Å². The molecule has 0 aromatic heterocycles. The van der Waals surface area contributed by atoms with E-state index in [1.54, 1.807) is 0 Å². The Kier molecular flexibility index (Phi) is 2.61. The molecule has 0 spiro atoms. The highest BCUT2D eigenvalue weighted by Crippen LogP contribution is 2.39. The Morgan fingerprint density at radius 3 is 3.15 bits per heavy atom. The van der Waals surface area contributed by atoms with E-state index in [1.807, 2.05) is 11.8 Å². The van der Waals surface area contributed by atoms with Gasteiger partial charge in [-0.25, -0.2) is 0 Å². The molecule has 1 aliphatic rings. The van der Waals surface area contributed by atoms with Gasteiger partial charge in [0.1, 0.15) is 0 Å². The molecule has 1 N–H and O–H groups in total. The molecular formula is C11H14OS. The van der Waals surface area contributed by atoms with E-state index >= 15 is 0 Å². The molecular weight excluding hydrogens is 180 g/mol. The van der Waals surface area contributed by atoms with E-state index in [0.29, 0.717) is 5.92 Å². The molecule has 0 amide bonds. The normalized spacial score (nSPS) is 20.3. The Hall–Kier alpha value is -0.470. The first kappa shape index (κ1) is 9.10. The minimum absolute atomic E-state index is 0.250. The van der Waals surface area contributed by atoms with Crippen molar-refractivity contribution < 1.29 is 5.11 Å². The van der Waals surface area contributed by atoms with Gasteiger partial charge in [-0.2, -0.15) is 0 Å². The number of aliphatic hydroxyl groups is 1. The minimum Gasteiger partial charge on any atom is -0.396 e. The second kappa shape index (κ2) is 3.72. The minimum atomic E-state index is 0.250. The Morgan fingerprint density at radius 1 is 1.54 bits per heavy atom. The maximum atomic E-state index is 8.83. The Balaban J connectivity index is 2.31. The zero-order valence-corrected chi connectivity index (χ0v) is 8.60. The molecule has 0 fully saturated rings. The molecule has 1 heterocycles. The van der Waals surface area contributed by atoms with E-state index in [1.165, 1.54) is 21.8 Å². The van der Waals surface area contributed by atoms with E-state index in [-0.39, 0.29) is 6.61 Å². The Morgan fingerprint density at radius 2 is 2.38 bits per heavy atom. The largest absolute Gasteiger partial charge is 0.396 e. The molecule has 1 aromatic rings. The van der Waals surface area contributed by atoms with Gasteiger partial charge in [0.05, 0.1) is 0 Å². The number of fused-ring (bicyclic) bond motifs is 1. The van der Waals surface area contributed by atoms with Crippen LogP contribution in [0.4, 0.5) is 0 Å². The van der Waals surface area contributed by atoms with Crippen LogP contribution in [0.1, 0.15) is 24.0 Å². The van der Waals surface area contributed by atoms with E-state index in [0.717, 1.165) is 6.42 Å². The highest BCUT2D eigenvalue weighted by molar-refractivity contribution is 7.99. The zero-order valence-electron chi connectivity index (χ0n) is 7.79. The van der Waals surface area contributed by atoms with Crippen molar-refractivity contribution >= 4 is 11.8 Å². The summed E-state index contributed by atoms with van der Waals surface area (Å²) >= 11 is 1.94. The second-order valence-corrected chi connectivity index (χ2v) is 4.62. The molecule has 2 rings (SSSR count). The van der Waals surface area contributed by atoms with Gasteiger partial charge in [0.2, 0.25) is 0 Å². The summed E-state index contributed by atoms with van der Waals surface area (Å²) < 4.78 is 0. The van der Waals surface area contributed by atoms with Crippen LogP contribution >= 0.6 is 11.8 Å². The molecule has 0 radical (unpaired) electrons. The molecule has 1 nitrogen and oxygen atoms in total. The third-order valence-electron chi connectivity index (χ3n) is 2.49. The summed E-state index contributed by atoms with van der Waals surface area (Å²) in [6.45, 7) is 2.52. The molecule has 13 heavy (non-hydrogen) atoms. The van der Waals surface area contributed by atoms with Crippen LogP contribution in [0.25, 0.3) is 0 Å². The number of thioether (sulfide) groups is 1. The van der Waals surface area contributed by atoms with Crippen LogP contribution < -0.4 is 0 Å². The van der Waals surface area contributed by atoms with Crippen LogP contribution in [0, 0.1) is 0 Å². The summed E-state index contributed by atoms with van der Waals surface area (Å²) in [7, 11) is 0. The second-order valence-electron chi connectivity index (χ2n) is 3.56. The van der Waals surface area contributed by atoms with Crippen molar-refractivity contribution in [2.45, 2.75) is 24.2 Å². The van der Waals surface area contributed by atoms with Gasteiger partial charge < -0.3 is 5.11 Å². The molecule has 0 saturated carbocycles. The van der Waals surface area contributed by atoms with Crippen LogP contribution in [0.2, 0.25) is 0 Å². The smallest absolute Gasteiger partial charge is 0.0471 e. The van der Waals surface area contributed by atoms with Crippen molar-refractivity contribution in [3.05, 3.63) is 29.3 Å². The molecule has 1 atom stereocenters. The lowest BCUT2D eigenvalue weighted by Crippen LogP contribution is -1.94. The Bertz CT molecular complexity index is 309. The molecule has 70 valence electrons. The number of hydrogen-bond acceptors (Lipinski definition) is 2. The van der Waals surface area contributed by atoms with Crippen LogP contribution in [-0.2, 0) is 6.42 Å². The van der Waals surface area contributed by atoms with E-state index < -0.39 is 0 Å². The van der Waals surface area contributed by atoms with Crippen molar-refractivity contribution in [3.8, 4) is 0 Å². The molecule has 1 unspecified atom stereocenters. The average Bonchev–Trinajstić information content (AvgIpc) is 2.49. The highest BCUT2D eigenvalue weighted by atomic mass is 32.2. The predicted molar refractivity (Wildman–Crippen MR) is 56.4 cm³/mol. The number of hydrogen-bond donors (Lipinski definition) is 1. The van der Waals surface area contributed by atoms with Crippen LogP contribution in [0.5, 0.6) is 0 Å². The van der Waals surface area contributed by atoms with E-state index in [4.69, 9.17) is 5.11 Å². The molecule has 2 heteroatoms. The summed E-state index contributed by atoms with van der Waals surface area (Å²) in [6, 6.07) is 6.56. The summed E-state index contributed by atoms with van der Waals surface area (Å²) in [4.78, 5) is 1.43. The summed E-state index contributed by atoms with van der Waals surface area (Å²) in [5.41, 5.74) is 2.73. The van der Waals surface area contributed by atoms with Gasteiger partial charge in [-0.05, 0) is 29.5 Å². The van der Waals surface area contributed by atoms with Crippen molar-refractivity contribution in [2.24, 2.45) is 0 Å². The fourth-order valence-electron chi connectivity index (χ4n) is 1.70. The third kappa shape index (κ3) is 1.74. The number of aliphatic hydroxyl groups excluding tert-OH is 1. The quantitative estimate of drug-likeness (QED) is 0.780. The van der Waals surface area contributed by atoms with Crippen LogP contribution in [-0.4, -0.2) is 17.5 Å². The topological polar surface area (TPSA) is 20.2 Å². The first-order valence-electron chi connectivity index (χ1n) is 4.67. The predicted octanol–water partition coefficient (Wildman–Crippen LogP) is 2.43. The van der Waals surface area contributed by atoms with Crippen LogP contribution in [0.15, 0.2) is 23.1 Å². The SMILES string of the molecule is CC1CSc2ccc(CCO)cc21. The van der Waals surface area contributed by atoms with E-state index in [2.05, 4.69) is 25.1 Å². The fraction of sp³-hybridized carbons (Fsp3) is 0.455. The maximum Gasteiger partial charge on any atom is 0.0471 e. The van der Waals surface area contributed by atoms with Crippen molar-refractivity contribution in [3.63, 3.8) is 0 Å². The number of benzene rings is 1. The van der Waals surface area contributed by atoms with Gasteiger partial charge in [0.15, 0.2) is 0 Å². The van der Waals surface area contributed by atoms with Crippen molar-refractivity contribution in [1.29, 1.82) is 0 Å². The first-order chi connectivity index (χ1) is 6.31. The number of rotatable bonds is 2. The summed E-state index contributed by atoms with van der Waals surface area (Å²) in [5.74, 6) is 1.89. The van der Waals surface area contributed by atoms with Gasteiger partial charge >= 0.3 is 0 Å². The van der Waals surface area contributed by atoms with Gasteiger partial charge in [-0.1, -0.05) is 19.1 Å². The Labute approximate surface area is 83.2 Å². The molecule has 0 saturated heterocycles. The molecule has 1 aliphatic heterocycles. The lowest BCUT2D eigenvalue weighted by atomic mass is 10.00. The summed E-state index contributed by atoms with van der Waals surface area (Å²) in [5, 5.41) is 8.83.